The second-order valence-electron chi connectivity index (χ2n) is 6.34. The molecule has 1 aliphatic heterocycles. The average Bonchev–Trinajstić information content (AvgIpc) is 2.67. The minimum atomic E-state index is -1.01. The number of hydrogen-bond donors (Lipinski definition) is 2. The molecule has 0 spiro atoms. The molecule has 0 bridgehead atoms. The molecule has 0 aliphatic carbocycles. The lowest BCUT2D eigenvalue weighted by Crippen LogP contribution is -2.48. The molecule has 8 heteroatoms. The zero-order chi connectivity index (χ0) is 21.1. The Bertz CT molecular complexity index is 1000. The Kier molecular flexibility index (Phi) is 6.34. The van der Waals surface area contributed by atoms with Crippen LogP contribution in [0, 0.1) is 0 Å². The van der Waals surface area contributed by atoms with E-state index in [2.05, 4.69) is 21.2 Å². The molecule has 1 atom stereocenters. The van der Waals surface area contributed by atoms with Crippen LogP contribution in [0.3, 0.4) is 0 Å². The van der Waals surface area contributed by atoms with Gasteiger partial charge in [0, 0.05) is 15.9 Å². The summed E-state index contributed by atoms with van der Waals surface area (Å²) in [5.41, 5.74) is 2.76. The van der Waals surface area contributed by atoms with Crippen molar-refractivity contribution in [3.05, 3.63) is 75.4 Å². The number of halogens is 1. The van der Waals surface area contributed by atoms with Gasteiger partial charge < -0.3 is 15.2 Å². The quantitative estimate of drug-likeness (QED) is 0.490. The SMILES string of the molecule is CCOC(=O)C1=C(C)N(c2cccc(Br)c2)C(=S)NC1c1ccc(C(=O)O)cc1. The van der Waals surface area contributed by atoms with Crippen LogP contribution in [0.25, 0.3) is 0 Å². The summed E-state index contributed by atoms with van der Waals surface area (Å²) in [6.07, 6.45) is 0. The Hall–Kier alpha value is -2.71. The molecule has 2 N–H and O–H groups in total. The van der Waals surface area contributed by atoms with Crippen molar-refractivity contribution in [1.82, 2.24) is 5.32 Å². The molecule has 1 aliphatic rings. The second-order valence-corrected chi connectivity index (χ2v) is 7.65. The van der Waals surface area contributed by atoms with Crippen molar-refractivity contribution in [3.8, 4) is 0 Å². The summed E-state index contributed by atoms with van der Waals surface area (Å²) in [4.78, 5) is 25.8. The monoisotopic (exact) mass is 474 g/mol. The van der Waals surface area contributed by atoms with E-state index in [-0.39, 0.29) is 12.2 Å². The summed E-state index contributed by atoms with van der Waals surface area (Å²) in [6, 6.07) is 13.4. The molecule has 0 aromatic heterocycles. The molecule has 1 unspecified atom stereocenters. The summed E-state index contributed by atoms with van der Waals surface area (Å²) >= 11 is 9.06. The van der Waals surface area contributed by atoms with Crippen molar-refractivity contribution in [3.63, 3.8) is 0 Å². The predicted octanol–water partition coefficient (Wildman–Crippen LogP) is 4.42. The van der Waals surface area contributed by atoms with E-state index in [1.54, 1.807) is 24.0 Å². The first kappa shape index (κ1) is 21.0. The Morgan fingerprint density at radius 2 is 1.93 bits per heavy atom. The molecule has 0 saturated carbocycles. The largest absolute Gasteiger partial charge is 0.478 e. The number of thiocarbonyl (C=S) groups is 1. The standard InChI is InChI=1S/C21H19BrN2O4S/c1-3-28-20(27)17-12(2)24(16-6-4-5-15(22)11-16)21(29)23-18(17)13-7-9-14(10-8-13)19(25)26/h4-11,18H,3H2,1-2H3,(H,23,29)(H,25,26). The highest BCUT2D eigenvalue weighted by Crippen LogP contribution is 2.35. The number of benzene rings is 2. The average molecular weight is 475 g/mol. The number of carbonyl (C=O) groups excluding carboxylic acids is 1. The number of anilines is 1. The summed E-state index contributed by atoms with van der Waals surface area (Å²) in [6.45, 7) is 3.80. The van der Waals surface area contributed by atoms with Gasteiger partial charge in [-0.25, -0.2) is 9.59 Å². The fourth-order valence-electron chi connectivity index (χ4n) is 3.21. The molecule has 6 nitrogen and oxygen atoms in total. The molecule has 0 amide bonds. The maximum absolute atomic E-state index is 12.8. The first-order valence-electron chi connectivity index (χ1n) is 8.90. The van der Waals surface area contributed by atoms with Gasteiger partial charge in [0.05, 0.1) is 23.8 Å². The second kappa shape index (κ2) is 8.75. The van der Waals surface area contributed by atoms with Crippen LogP contribution in [0.15, 0.2) is 64.3 Å². The number of allylic oxidation sites excluding steroid dienone is 1. The van der Waals surface area contributed by atoms with Crippen molar-refractivity contribution in [2.45, 2.75) is 19.9 Å². The topological polar surface area (TPSA) is 78.9 Å². The van der Waals surface area contributed by atoms with Crippen molar-refractivity contribution >= 4 is 50.9 Å². The zero-order valence-corrected chi connectivity index (χ0v) is 18.2. The van der Waals surface area contributed by atoms with Crippen LogP contribution >= 0.6 is 28.1 Å². The van der Waals surface area contributed by atoms with Gasteiger partial charge >= 0.3 is 11.9 Å². The summed E-state index contributed by atoms with van der Waals surface area (Å²) in [5.74, 6) is -1.46. The number of ether oxygens (including phenoxy) is 1. The highest BCUT2D eigenvalue weighted by atomic mass is 79.9. The summed E-state index contributed by atoms with van der Waals surface area (Å²) < 4.78 is 6.18. The number of aromatic carboxylic acids is 1. The Morgan fingerprint density at radius 3 is 2.52 bits per heavy atom. The number of rotatable bonds is 5. The van der Waals surface area contributed by atoms with Crippen molar-refractivity contribution in [2.24, 2.45) is 0 Å². The molecule has 0 radical (unpaired) electrons. The van der Waals surface area contributed by atoms with Gasteiger partial charge in [-0.05, 0) is 62.0 Å². The Balaban J connectivity index is 2.11. The minimum absolute atomic E-state index is 0.168. The van der Waals surface area contributed by atoms with Crippen LogP contribution in [0.4, 0.5) is 5.69 Å². The number of nitrogens with one attached hydrogen (secondary N) is 1. The Labute approximate surface area is 182 Å². The van der Waals surface area contributed by atoms with Crippen LogP contribution in [0.1, 0.15) is 35.8 Å². The molecular weight excluding hydrogens is 456 g/mol. The van der Waals surface area contributed by atoms with Gasteiger partial charge in [-0.2, -0.15) is 0 Å². The summed E-state index contributed by atoms with van der Waals surface area (Å²) in [5, 5.41) is 12.8. The van der Waals surface area contributed by atoms with Gasteiger partial charge in [-0.1, -0.05) is 34.1 Å². The normalized spacial score (nSPS) is 16.4. The number of nitrogens with zero attached hydrogens (tertiary/aromatic N) is 1. The Morgan fingerprint density at radius 1 is 1.24 bits per heavy atom. The van der Waals surface area contributed by atoms with Crippen molar-refractivity contribution < 1.29 is 19.4 Å². The number of carboxylic acid groups (broad SMARTS) is 1. The van der Waals surface area contributed by atoms with Crippen LogP contribution in [-0.2, 0) is 9.53 Å². The molecule has 0 saturated heterocycles. The molecule has 2 aromatic carbocycles. The van der Waals surface area contributed by atoms with E-state index in [1.165, 1.54) is 12.1 Å². The molecule has 2 aromatic rings. The van der Waals surface area contributed by atoms with Crippen LogP contribution in [0.5, 0.6) is 0 Å². The molecule has 3 rings (SSSR count). The molecule has 0 fully saturated rings. The van der Waals surface area contributed by atoms with Gasteiger partial charge in [-0.15, -0.1) is 0 Å². The number of hydrogen-bond acceptors (Lipinski definition) is 4. The predicted molar refractivity (Wildman–Crippen MR) is 118 cm³/mol. The summed E-state index contributed by atoms with van der Waals surface area (Å²) in [7, 11) is 0. The number of carbonyl (C=O) groups is 2. The lowest BCUT2D eigenvalue weighted by molar-refractivity contribution is -0.139. The maximum atomic E-state index is 12.8. The van der Waals surface area contributed by atoms with E-state index in [9.17, 15) is 9.59 Å². The third kappa shape index (κ3) is 4.33. The van der Waals surface area contributed by atoms with Gasteiger partial charge in [0.15, 0.2) is 5.11 Å². The third-order valence-electron chi connectivity index (χ3n) is 4.54. The highest BCUT2D eigenvalue weighted by Gasteiger charge is 2.35. The van der Waals surface area contributed by atoms with E-state index < -0.39 is 18.0 Å². The van der Waals surface area contributed by atoms with Crippen LogP contribution in [0.2, 0.25) is 0 Å². The lowest BCUT2D eigenvalue weighted by Gasteiger charge is -2.37. The molecule has 1 heterocycles. The minimum Gasteiger partial charge on any atom is -0.478 e. The van der Waals surface area contributed by atoms with Crippen molar-refractivity contribution in [1.29, 1.82) is 0 Å². The lowest BCUT2D eigenvalue weighted by atomic mass is 9.94. The van der Waals surface area contributed by atoms with Gasteiger partial charge in [0.1, 0.15) is 0 Å². The van der Waals surface area contributed by atoms with Gasteiger partial charge in [0.2, 0.25) is 0 Å². The van der Waals surface area contributed by atoms with Gasteiger partial charge in [-0.3, -0.25) is 4.90 Å². The molecular formula is C21H19BrN2O4S. The van der Waals surface area contributed by atoms with E-state index >= 15 is 0 Å². The van der Waals surface area contributed by atoms with E-state index in [0.29, 0.717) is 21.9 Å². The van der Waals surface area contributed by atoms with E-state index in [0.717, 1.165) is 10.2 Å². The van der Waals surface area contributed by atoms with Crippen LogP contribution in [-0.4, -0.2) is 28.8 Å². The van der Waals surface area contributed by atoms with Crippen LogP contribution < -0.4 is 10.2 Å². The van der Waals surface area contributed by atoms with Crippen molar-refractivity contribution in [2.75, 3.05) is 11.5 Å². The first-order chi connectivity index (χ1) is 13.8. The first-order valence-corrected chi connectivity index (χ1v) is 10.1. The van der Waals surface area contributed by atoms with E-state index in [4.69, 9.17) is 22.1 Å². The third-order valence-corrected chi connectivity index (χ3v) is 5.33. The maximum Gasteiger partial charge on any atom is 0.338 e. The fourth-order valence-corrected chi connectivity index (χ4v) is 3.96. The van der Waals surface area contributed by atoms with Gasteiger partial charge in [0.25, 0.3) is 0 Å². The fraction of sp³-hybridized carbons (Fsp3) is 0.190. The number of carboxylic acids is 1. The molecule has 29 heavy (non-hydrogen) atoms. The zero-order valence-electron chi connectivity index (χ0n) is 15.8. The highest BCUT2D eigenvalue weighted by molar-refractivity contribution is 9.10. The number of esters is 1. The van der Waals surface area contributed by atoms with E-state index in [1.807, 2.05) is 31.2 Å². The smallest absolute Gasteiger partial charge is 0.338 e. The molecule has 150 valence electrons.